The summed E-state index contributed by atoms with van der Waals surface area (Å²) in [5.74, 6) is 1.22. The molecule has 0 amide bonds. The lowest BCUT2D eigenvalue weighted by Crippen LogP contribution is -1.98. The van der Waals surface area contributed by atoms with Crippen molar-refractivity contribution >= 4 is 29.4 Å². The molecule has 0 aliphatic carbocycles. The molecule has 1 aromatic carbocycles. The Morgan fingerprint density at radius 2 is 2.29 bits per heavy atom. The summed E-state index contributed by atoms with van der Waals surface area (Å²) in [6.07, 6.45) is 3.20. The predicted octanol–water partition coefficient (Wildman–Crippen LogP) is 3.66. The van der Waals surface area contributed by atoms with Gasteiger partial charge in [-0.15, -0.1) is 23.1 Å². The highest BCUT2D eigenvalue weighted by atomic mass is 32.2. The zero-order chi connectivity index (χ0) is 11.7. The number of thiazole rings is 1. The number of hydrogen-bond acceptors (Lipinski definition) is 4. The van der Waals surface area contributed by atoms with E-state index in [4.69, 9.17) is 0 Å². The number of thioether (sulfide) groups is 1. The van der Waals surface area contributed by atoms with Crippen molar-refractivity contribution in [2.24, 2.45) is 0 Å². The van der Waals surface area contributed by atoms with E-state index in [-0.39, 0.29) is 0 Å². The van der Waals surface area contributed by atoms with Crippen LogP contribution in [-0.4, -0.2) is 17.0 Å². The Kier molecular flexibility index (Phi) is 2.99. The highest BCUT2D eigenvalue weighted by Gasteiger charge is 2.12. The topological polar surface area (TPSA) is 30.0 Å². The van der Waals surface area contributed by atoms with Gasteiger partial charge in [-0.1, -0.05) is 6.07 Å². The van der Waals surface area contributed by atoms with Gasteiger partial charge in [0.1, 0.15) is 10.7 Å². The van der Waals surface area contributed by atoms with Gasteiger partial charge in [0.05, 0.1) is 0 Å². The van der Waals surface area contributed by atoms with E-state index in [1.807, 2.05) is 11.8 Å². The molecule has 4 heteroatoms. The van der Waals surface area contributed by atoms with Crippen LogP contribution in [0.25, 0.3) is 10.6 Å². The largest absolute Gasteiger partial charge is 0.296 e. The summed E-state index contributed by atoms with van der Waals surface area (Å²) in [5.41, 5.74) is 3.07. The second kappa shape index (κ2) is 4.63. The molecule has 0 N–H and O–H groups in total. The minimum absolute atomic E-state index is 0.525. The van der Waals surface area contributed by atoms with E-state index in [9.17, 15) is 4.79 Å². The monoisotopic (exact) mass is 261 g/mol. The van der Waals surface area contributed by atoms with Crippen LogP contribution in [0.15, 0.2) is 28.5 Å². The quantitative estimate of drug-likeness (QED) is 0.773. The lowest BCUT2D eigenvalue weighted by molar-refractivity contribution is 0.111. The summed E-state index contributed by atoms with van der Waals surface area (Å²) in [6, 6.07) is 6.50. The normalized spacial score (nSPS) is 14.4. The summed E-state index contributed by atoms with van der Waals surface area (Å²) in [6.45, 7) is 0. The Morgan fingerprint density at radius 1 is 1.35 bits per heavy atom. The number of carbonyl (C=O) groups excluding carboxylic acids is 1. The molecule has 1 aliphatic rings. The maximum atomic E-state index is 10.6. The van der Waals surface area contributed by atoms with Crippen LogP contribution in [0.3, 0.4) is 0 Å². The van der Waals surface area contributed by atoms with Crippen LogP contribution in [0.1, 0.15) is 22.5 Å². The zero-order valence-corrected chi connectivity index (χ0v) is 10.8. The number of carbonyl (C=O) groups is 1. The maximum Gasteiger partial charge on any atom is 0.169 e. The van der Waals surface area contributed by atoms with Crippen LogP contribution in [-0.2, 0) is 6.42 Å². The molecule has 0 saturated heterocycles. The number of hydrogen-bond donors (Lipinski definition) is 0. The lowest BCUT2D eigenvalue weighted by atomic mass is 10.1. The molecule has 2 nitrogen and oxygen atoms in total. The SMILES string of the molecule is O=Cc1csc(-c2ccc3c(c2)CCCS3)n1. The van der Waals surface area contributed by atoms with E-state index < -0.39 is 0 Å². The number of aldehydes is 1. The Balaban J connectivity index is 2.00. The molecule has 0 fully saturated rings. The second-order valence-corrected chi connectivity index (χ2v) is 5.96. The number of fused-ring (bicyclic) bond motifs is 1. The molecule has 3 rings (SSSR count). The van der Waals surface area contributed by atoms with Gasteiger partial charge in [0.15, 0.2) is 6.29 Å². The van der Waals surface area contributed by atoms with Crippen LogP contribution in [0, 0.1) is 0 Å². The van der Waals surface area contributed by atoms with E-state index in [2.05, 4.69) is 23.2 Å². The number of aromatic nitrogens is 1. The molecule has 0 unspecified atom stereocenters. The Labute approximate surface area is 108 Å². The summed E-state index contributed by atoms with van der Waals surface area (Å²) in [5, 5.41) is 2.74. The van der Waals surface area contributed by atoms with E-state index in [0.29, 0.717) is 5.69 Å². The minimum Gasteiger partial charge on any atom is -0.296 e. The number of nitrogens with zero attached hydrogens (tertiary/aromatic N) is 1. The molecule has 86 valence electrons. The fourth-order valence-corrected chi connectivity index (χ4v) is 3.75. The molecule has 1 aromatic heterocycles. The van der Waals surface area contributed by atoms with Crippen LogP contribution in [0.2, 0.25) is 0 Å². The van der Waals surface area contributed by atoms with E-state index in [1.165, 1.54) is 34.0 Å². The van der Waals surface area contributed by atoms with Gasteiger partial charge in [-0.25, -0.2) is 4.98 Å². The molecular formula is C13H11NOS2. The maximum absolute atomic E-state index is 10.6. The van der Waals surface area contributed by atoms with Gasteiger partial charge in [-0.3, -0.25) is 4.79 Å². The highest BCUT2D eigenvalue weighted by Crippen LogP contribution is 2.33. The smallest absolute Gasteiger partial charge is 0.169 e. The van der Waals surface area contributed by atoms with Gasteiger partial charge in [0.25, 0.3) is 0 Å². The lowest BCUT2D eigenvalue weighted by Gasteiger charge is -2.15. The van der Waals surface area contributed by atoms with Gasteiger partial charge in [-0.2, -0.15) is 0 Å². The average Bonchev–Trinajstić information content (AvgIpc) is 2.87. The Bertz CT molecular complexity index is 562. The van der Waals surface area contributed by atoms with Crippen molar-refractivity contribution in [1.82, 2.24) is 4.98 Å². The van der Waals surface area contributed by atoms with Gasteiger partial charge in [-0.05, 0) is 36.3 Å². The standard InChI is InChI=1S/C13H11NOS2/c15-7-11-8-17-13(14-11)10-3-4-12-9(6-10)2-1-5-16-12/h3-4,6-8H,1-2,5H2. The third-order valence-corrected chi connectivity index (χ3v) is 4.91. The highest BCUT2D eigenvalue weighted by molar-refractivity contribution is 7.99. The first-order valence-electron chi connectivity index (χ1n) is 5.53. The molecule has 1 aliphatic heterocycles. The van der Waals surface area contributed by atoms with Gasteiger partial charge in [0.2, 0.25) is 0 Å². The van der Waals surface area contributed by atoms with Crippen LogP contribution < -0.4 is 0 Å². The Morgan fingerprint density at radius 3 is 3.12 bits per heavy atom. The van der Waals surface area contributed by atoms with E-state index in [1.54, 1.807) is 5.38 Å². The molecule has 0 bridgehead atoms. The first-order chi connectivity index (χ1) is 8.36. The number of rotatable bonds is 2. The van der Waals surface area contributed by atoms with Crippen molar-refractivity contribution in [2.75, 3.05) is 5.75 Å². The number of aryl methyl sites for hydroxylation is 1. The molecule has 2 aromatic rings. The molecule has 0 saturated carbocycles. The molecule has 0 radical (unpaired) electrons. The number of benzene rings is 1. The third kappa shape index (κ3) is 2.15. The summed E-state index contributed by atoms with van der Waals surface area (Å²) in [4.78, 5) is 16.3. The van der Waals surface area contributed by atoms with E-state index in [0.717, 1.165) is 23.3 Å². The van der Waals surface area contributed by atoms with Gasteiger partial charge >= 0.3 is 0 Å². The third-order valence-electron chi connectivity index (χ3n) is 2.80. The van der Waals surface area contributed by atoms with Crippen LogP contribution in [0.5, 0.6) is 0 Å². The molecule has 17 heavy (non-hydrogen) atoms. The first kappa shape index (κ1) is 11.0. The van der Waals surface area contributed by atoms with Crippen molar-refractivity contribution in [1.29, 1.82) is 0 Å². The van der Waals surface area contributed by atoms with Crippen molar-refractivity contribution in [3.8, 4) is 10.6 Å². The Hall–Kier alpha value is -1.13. The van der Waals surface area contributed by atoms with Crippen molar-refractivity contribution in [3.63, 3.8) is 0 Å². The summed E-state index contributed by atoms with van der Waals surface area (Å²) < 4.78 is 0. The van der Waals surface area contributed by atoms with Gasteiger partial charge in [0, 0.05) is 15.8 Å². The minimum atomic E-state index is 0.525. The molecule has 0 atom stereocenters. The van der Waals surface area contributed by atoms with E-state index >= 15 is 0 Å². The van der Waals surface area contributed by atoms with Crippen LogP contribution >= 0.6 is 23.1 Å². The zero-order valence-electron chi connectivity index (χ0n) is 9.18. The predicted molar refractivity (Wildman–Crippen MR) is 72.0 cm³/mol. The fraction of sp³-hybridized carbons (Fsp3) is 0.231. The fourth-order valence-electron chi connectivity index (χ4n) is 1.97. The molecule has 2 heterocycles. The first-order valence-corrected chi connectivity index (χ1v) is 7.40. The summed E-state index contributed by atoms with van der Waals surface area (Å²) >= 11 is 3.46. The average molecular weight is 261 g/mol. The second-order valence-electron chi connectivity index (χ2n) is 3.97. The van der Waals surface area contributed by atoms with Crippen molar-refractivity contribution in [2.45, 2.75) is 17.7 Å². The van der Waals surface area contributed by atoms with Crippen LogP contribution in [0.4, 0.5) is 0 Å². The summed E-state index contributed by atoms with van der Waals surface area (Å²) in [7, 11) is 0. The van der Waals surface area contributed by atoms with Gasteiger partial charge < -0.3 is 0 Å². The van der Waals surface area contributed by atoms with Crippen molar-refractivity contribution in [3.05, 3.63) is 34.8 Å². The molecular weight excluding hydrogens is 250 g/mol. The van der Waals surface area contributed by atoms with Crippen molar-refractivity contribution < 1.29 is 4.79 Å². The molecule has 0 spiro atoms.